The van der Waals surface area contributed by atoms with Crippen LogP contribution in [0.25, 0.3) is 0 Å². The van der Waals surface area contributed by atoms with Crippen LogP contribution in [-0.2, 0) is 4.74 Å². The highest BCUT2D eigenvalue weighted by Gasteiger charge is 2.24. The van der Waals surface area contributed by atoms with E-state index in [1.807, 2.05) is 32.9 Å². The number of hydrogen-bond donors (Lipinski definition) is 3. The SMILES string of the molecule is CC(C)(C)OC(=O)NC/C=C/CNC1CCCC1CN. The Kier molecular flexibility index (Phi) is 7.02. The van der Waals surface area contributed by atoms with Crippen LogP contribution in [0.3, 0.4) is 0 Å². The summed E-state index contributed by atoms with van der Waals surface area (Å²) in [6.45, 7) is 7.62. The lowest BCUT2D eigenvalue weighted by atomic mass is 10.0. The van der Waals surface area contributed by atoms with Crippen LogP contribution in [0.5, 0.6) is 0 Å². The Hall–Kier alpha value is -1.07. The van der Waals surface area contributed by atoms with Crippen LogP contribution in [0, 0.1) is 5.92 Å². The summed E-state index contributed by atoms with van der Waals surface area (Å²) < 4.78 is 5.14. The lowest BCUT2D eigenvalue weighted by Crippen LogP contribution is -2.36. The van der Waals surface area contributed by atoms with Gasteiger partial charge >= 0.3 is 6.09 Å². The van der Waals surface area contributed by atoms with E-state index in [0.717, 1.165) is 13.1 Å². The van der Waals surface area contributed by atoms with Gasteiger partial charge in [0.2, 0.25) is 0 Å². The number of rotatable bonds is 6. The maximum atomic E-state index is 11.4. The van der Waals surface area contributed by atoms with Crippen molar-refractivity contribution in [1.82, 2.24) is 10.6 Å². The minimum atomic E-state index is -0.449. The molecule has 0 radical (unpaired) electrons. The minimum Gasteiger partial charge on any atom is -0.444 e. The van der Waals surface area contributed by atoms with Gasteiger partial charge in [0, 0.05) is 19.1 Å². The van der Waals surface area contributed by atoms with Crippen LogP contribution in [-0.4, -0.2) is 37.4 Å². The van der Waals surface area contributed by atoms with Crippen molar-refractivity contribution in [2.24, 2.45) is 11.7 Å². The molecule has 2 atom stereocenters. The van der Waals surface area contributed by atoms with E-state index in [4.69, 9.17) is 10.5 Å². The molecule has 2 unspecified atom stereocenters. The highest BCUT2D eigenvalue weighted by molar-refractivity contribution is 5.67. The summed E-state index contributed by atoms with van der Waals surface area (Å²) in [5.74, 6) is 0.614. The van der Waals surface area contributed by atoms with E-state index >= 15 is 0 Å². The van der Waals surface area contributed by atoms with E-state index in [1.54, 1.807) is 0 Å². The Bertz CT molecular complexity index is 324. The van der Waals surface area contributed by atoms with Gasteiger partial charge in [-0.05, 0) is 46.1 Å². The molecule has 1 amide bonds. The van der Waals surface area contributed by atoms with Crippen LogP contribution in [0.1, 0.15) is 40.0 Å². The molecule has 0 saturated heterocycles. The summed E-state index contributed by atoms with van der Waals surface area (Å²) in [6, 6.07) is 0.545. The molecule has 0 heterocycles. The number of amides is 1. The van der Waals surface area contributed by atoms with Crippen molar-refractivity contribution >= 4 is 6.09 Å². The molecule has 4 N–H and O–H groups in total. The number of nitrogens with two attached hydrogens (primary N) is 1. The molecule has 5 heteroatoms. The average Bonchev–Trinajstić information content (AvgIpc) is 2.78. The molecule has 1 rings (SSSR count). The van der Waals surface area contributed by atoms with E-state index in [2.05, 4.69) is 10.6 Å². The third kappa shape index (κ3) is 6.91. The third-order valence-electron chi connectivity index (χ3n) is 3.39. The van der Waals surface area contributed by atoms with Gasteiger partial charge in [0.05, 0.1) is 0 Å². The first kappa shape index (κ1) is 17.0. The molecule has 0 aliphatic heterocycles. The predicted molar refractivity (Wildman–Crippen MR) is 81.6 cm³/mol. The van der Waals surface area contributed by atoms with E-state index < -0.39 is 5.60 Å². The Labute approximate surface area is 122 Å². The molecule has 0 aromatic heterocycles. The third-order valence-corrected chi connectivity index (χ3v) is 3.39. The first-order valence-corrected chi connectivity index (χ1v) is 7.47. The predicted octanol–water partition coefficient (Wildman–Crippen LogP) is 1.78. The van der Waals surface area contributed by atoms with Gasteiger partial charge in [-0.15, -0.1) is 0 Å². The van der Waals surface area contributed by atoms with Crippen LogP contribution in [0.15, 0.2) is 12.2 Å². The summed E-state index contributed by atoms with van der Waals surface area (Å²) in [5.41, 5.74) is 5.29. The Balaban J connectivity index is 2.09. The van der Waals surface area contributed by atoms with Crippen molar-refractivity contribution in [3.05, 3.63) is 12.2 Å². The molecule has 5 nitrogen and oxygen atoms in total. The molecule has 1 aliphatic rings. The number of carbonyl (C=O) groups is 1. The van der Waals surface area contributed by atoms with Gasteiger partial charge in [-0.3, -0.25) is 0 Å². The maximum absolute atomic E-state index is 11.4. The number of carbonyl (C=O) groups excluding carboxylic acids is 1. The van der Waals surface area contributed by atoms with Crippen molar-refractivity contribution in [3.63, 3.8) is 0 Å². The van der Waals surface area contributed by atoms with Crippen LogP contribution >= 0.6 is 0 Å². The van der Waals surface area contributed by atoms with E-state index in [9.17, 15) is 4.79 Å². The summed E-state index contributed by atoms with van der Waals surface area (Å²) in [6.07, 6.45) is 7.30. The van der Waals surface area contributed by atoms with Crippen LogP contribution < -0.4 is 16.4 Å². The minimum absolute atomic E-state index is 0.380. The standard InChI is InChI=1S/C15H29N3O2/c1-15(2,3)20-14(19)18-10-5-4-9-17-13-8-6-7-12(13)11-16/h4-5,12-13,17H,6-11,16H2,1-3H3,(H,18,19)/b5-4+. The van der Waals surface area contributed by atoms with Gasteiger partial charge in [0.1, 0.15) is 5.60 Å². The van der Waals surface area contributed by atoms with Crippen molar-refractivity contribution < 1.29 is 9.53 Å². The molecule has 1 saturated carbocycles. The molecule has 0 bridgehead atoms. The summed E-state index contributed by atoms with van der Waals surface area (Å²) in [7, 11) is 0. The molecule has 116 valence electrons. The number of nitrogens with one attached hydrogen (secondary N) is 2. The van der Waals surface area contributed by atoms with Crippen molar-refractivity contribution in [3.8, 4) is 0 Å². The largest absolute Gasteiger partial charge is 0.444 e. The molecule has 0 aromatic rings. The lowest BCUT2D eigenvalue weighted by Gasteiger charge is -2.19. The molecule has 0 aromatic carbocycles. The molecule has 20 heavy (non-hydrogen) atoms. The van der Waals surface area contributed by atoms with Crippen molar-refractivity contribution in [2.75, 3.05) is 19.6 Å². The van der Waals surface area contributed by atoms with Gasteiger partial charge in [-0.25, -0.2) is 4.79 Å². The summed E-state index contributed by atoms with van der Waals surface area (Å²) in [5, 5.41) is 6.19. The number of ether oxygens (including phenoxy) is 1. The number of alkyl carbamates (subject to hydrolysis) is 1. The van der Waals surface area contributed by atoms with Gasteiger partial charge in [0.15, 0.2) is 0 Å². The smallest absolute Gasteiger partial charge is 0.407 e. The van der Waals surface area contributed by atoms with Gasteiger partial charge in [-0.1, -0.05) is 18.6 Å². The molecule has 0 spiro atoms. The molecular formula is C15H29N3O2. The van der Waals surface area contributed by atoms with Crippen molar-refractivity contribution in [1.29, 1.82) is 0 Å². The second kappa shape index (κ2) is 8.27. The van der Waals surface area contributed by atoms with E-state index in [0.29, 0.717) is 18.5 Å². The second-order valence-electron chi connectivity index (χ2n) is 6.30. The van der Waals surface area contributed by atoms with Gasteiger partial charge < -0.3 is 21.1 Å². The highest BCUT2D eigenvalue weighted by atomic mass is 16.6. The normalized spacial score (nSPS) is 23.2. The Morgan fingerprint density at radius 2 is 2.00 bits per heavy atom. The fourth-order valence-corrected chi connectivity index (χ4v) is 2.43. The lowest BCUT2D eigenvalue weighted by molar-refractivity contribution is 0.0534. The topological polar surface area (TPSA) is 76.4 Å². The summed E-state index contributed by atoms with van der Waals surface area (Å²) >= 11 is 0. The summed E-state index contributed by atoms with van der Waals surface area (Å²) in [4.78, 5) is 11.4. The molecule has 1 fully saturated rings. The maximum Gasteiger partial charge on any atom is 0.407 e. The first-order valence-electron chi connectivity index (χ1n) is 7.47. The van der Waals surface area contributed by atoms with Gasteiger partial charge in [-0.2, -0.15) is 0 Å². The van der Waals surface area contributed by atoms with Crippen LogP contribution in [0.4, 0.5) is 4.79 Å². The number of hydrogen-bond acceptors (Lipinski definition) is 4. The van der Waals surface area contributed by atoms with E-state index in [-0.39, 0.29) is 6.09 Å². The highest BCUT2D eigenvalue weighted by Crippen LogP contribution is 2.24. The Morgan fingerprint density at radius 1 is 1.30 bits per heavy atom. The van der Waals surface area contributed by atoms with Crippen LogP contribution in [0.2, 0.25) is 0 Å². The zero-order chi connectivity index (χ0) is 15.0. The van der Waals surface area contributed by atoms with Crippen molar-refractivity contribution in [2.45, 2.75) is 51.7 Å². The average molecular weight is 283 g/mol. The zero-order valence-corrected chi connectivity index (χ0v) is 12.9. The molecular weight excluding hydrogens is 254 g/mol. The monoisotopic (exact) mass is 283 g/mol. The van der Waals surface area contributed by atoms with E-state index in [1.165, 1.54) is 19.3 Å². The first-order chi connectivity index (χ1) is 9.42. The van der Waals surface area contributed by atoms with Gasteiger partial charge in [0.25, 0.3) is 0 Å². The molecule has 1 aliphatic carbocycles. The quantitative estimate of drug-likeness (QED) is 0.650. The zero-order valence-electron chi connectivity index (χ0n) is 12.9. The fourth-order valence-electron chi connectivity index (χ4n) is 2.43. The fraction of sp³-hybridized carbons (Fsp3) is 0.800. The Morgan fingerprint density at radius 3 is 2.65 bits per heavy atom. The second-order valence-corrected chi connectivity index (χ2v) is 6.30.